The van der Waals surface area contributed by atoms with Crippen molar-refractivity contribution in [2.24, 2.45) is 0 Å². The Kier molecular flexibility index (Phi) is 4.96. The van der Waals surface area contributed by atoms with Gasteiger partial charge in [-0.2, -0.15) is 5.10 Å². The van der Waals surface area contributed by atoms with Gasteiger partial charge < -0.3 is 10.4 Å². The number of carboxylic acid groups (broad SMARTS) is 1. The van der Waals surface area contributed by atoms with Crippen molar-refractivity contribution in [3.05, 3.63) is 69.1 Å². The van der Waals surface area contributed by atoms with Gasteiger partial charge in [0.25, 0.3) is 11.5 Å². The summed E-state index contributed by atoms with van der Waals surface area (Å²) in [6, 6.07) is 10.4. The molecule has 7 nitrogen and oxygen atoms in total. The van der Waals surface area contributed by atoms with Crippen LogP contribution in [0.15, 0.2) is 47.3 Å². The van der Waals surface area contributed by atoms with Gasteiger partial charge in [0.2, 0.25) is 0 Å². The van der Waals surface area contributed by atoms with Crippen LogP contribution in [0, 0.1) is 0 Å². The van der Waals surface area contributed by atoms with E-state index in [1.165, 1.54) is 22.9 Å². The van der Waals surface area contributed by atoms with E-state index in [1.807, 2.05) is 0 Å². The van der Waals surface area contributed by atoms with Gasteiger partial charge in [-0.25, -0.2) is 9.48 Å². The molecule has 0 saturated carbocycles. The van der Waals surface area contributed by atoms with Crippen LogP contribution in [0.1, 0.15) is 40.7 Å². The fourth-order valence-corrected chi connectivity index (χ4v) is 2.82. The highest BCUT2D eigenvalue weighted by atomic mass is 35.5. The molecule has 0 spiro atoms. The number of anilines is 1. The van der Waals surface area contributed by atoms with Crippen LogP contribution in [-0.4, -0.2) is 26.8 Å². The standard InChI is InChI=1S/C19H16ClN3O4/c1-10(2)23-18(25)13-6-4-3-5-12(13)16(22-23)17(24)21-15-9-11(19(26)27)7-8-14(15)20/h3-10H,1-2H3,(H,21,24)(H,26,27). The third kappa shape index (κ3) is 3.54. The summed E-state index contributed by atoms with van der Waals surface area (Å²) in [5, 5.41) is 16.9. The minimum atomic E-state index is -1.14. The van der Waals surface area contributed by atoms with Gasteiger partial charge in [0.15, 0.2) is 5.69 Å². The number of fused-ring (bicyclic) bond motifs is 1. The van der Waals surface area contributed by atoms with E-state index >= 15 is 0 Å². The lowest BCUT2D eigenvalue weighted by atomic mass is 10.1. The summed E-state index contributed by atoms with van der Waals surface area (Å²) in [5.74, 6) is -1.73. The van der Waals surface area contributed by atoms with Crippen LogP contribution < -0.4 is 10.9 Å². The van der Waals surface area contributed by atoms with Gasteiger partial charge >= 0.3 is 5.97 Å². The second-order valence-corrected chi connectivity index (χ2v) is 6.60. The largest absolute Gasteiger partial charge is 0.478 e. The Morgan fingerprint density at radius 2 is 1.81 bits per heavy atom. The van der Waals surface area contributed by atoms with E-state index in [2.05, 4.69) is 10.4 Å². The minimum absolute atomic E-state index is 0.0142. The van der Waals surface area contributed by atoms with E-state index in [0.717, 1.165) is 0 Å². The monoisotopic (exact) mass is 385 g/mol. The summed E-state index contributed by atoms with van der Waals surface area (Å²) in [6.45, 7) is 3.58. The molecule has 3 aromatic rings. The predicted molar refractivity (Wildman–Crippen MR) is 103 cm³/mol. The van der Waals surface area contributed by atoms with Crippen molar-refractivity contribution < 1.29 is 14.7 Å². The highest BCUT2D eigenvalue weighted by Gasteiger charge is 2.19. The van der Waals surface area contributed by atoms with E-state index in [1.54, 1.807) is 38.1 Å². The molecule has 2 aromatic carbocycles. The Hall–Kier alpha value is -3.19. The quantitative estimate of drug-likeness (QED) is 0.714. The summed E-state index contributed by atoms with van der Waals surface area (Å²) in [5.41, 5.74) is -0.104. The number of amides is 1. The molecule has 0 aliphatic rings. The van der Waals surface area contributed by atoms with E-state index in [0.29, 0.717) is 10.8 Å². The van der Waals surface area contributed by atoms with E-state index in [9.17, 15) is 14.4 Å². The van der Waals surface area contributed by atoms with Gasteiger partial charge in [0, 0.05) is 5.39 Å². The molecule has 0 aliphatic carbocycles. The maximum Gasteiger partial charge on any atom is 0.335 e. The number of benzene rings is 2. The number of hydrogen-bond acceptors (Lipinski definition) is 4. The Morgan fingerprint density at radius 1 is 1.15 bits per heavy atom. The van der Waals surface area contributed by atoms with Crippen LogP contribution >= 0.6 is 11.6 Å². The number of nitrogens with one attached hydrogen (secondary N) is 1. The highest BCUT2D eigenvalue weighted by molar-refractivity contribution is 6.34. The minimum Gasteiger partial charge on any atom is -0.478 e. The molecule has 138 valence electrons. The van der Waals surface area contributed by atoms with Crippen molar-refractivity contribution in [1.82, 2.24) is 9.78 Å². The average molecular weight is 386 g/mol. The maximum atomic E-state index is 12.9. The Labute approximate surface area is 159 Å². The Bertz CT molecular complexity index is 1120. The SMILES string of the molecule is CC(C)n1nc(C(=O)Nc2cc(C(=O)O)ccc2Cl)c2ccccc2c1=O. The molecule has 27 heavy (non-hydrogen) atoms. The topological polar surface area (TPSA) is 101 Å². The zero-order chi connectivity index (χ0) is 19.7. The average Bonchev–Trinajstić information content (AvgIpc) is 2.63. The summed E-state index contributed by atoms with van der Waals surface area (Å²) in [7, 11) is 0. The first-order valence-electron chi connectivity index (χ1n) is 8.15. The van der Waals surface area contributed by atoms with Gasteiger partial charge in [-0.1, -0.05) is 29.8 Å². The number of carbonyl (C=O) groups excluding carboxylic acids is 1. The second-order valence-electron chi connectivity index (χ2n) is 6.19. The van der Waals surface area contributed by atoms with Crippen molar-refractivity contribution in [3.63, 3.8) is 0 Å². The molecule has 0 bridgehead atoms. The van der Waals surface area contributed by atoms with Crippen LogP contribution in [0.3, 0.4) is 0 Å². The first-order valence-corrected chi connectivity index (χ1v) is 8.53. The number of carbonyl (C=O) groups is 2. The first-order chi connectivity index (χ1) is 12.8. The molecule has 8 heteroatoms. The van der Waals surface area contributed by atoms with Crippen molar-refractivity contribution in [2.75, 3.05) is 5.32 Å². The normalized spacial score (nSPS) is 11.0. The van der Waals surface area contributed by atoms with Crippen LogP contribution in [0.5, 0.6) is 0 Å². The number of aromatic carboxylic acids is 1. The Morgan fingerprint density at radius 3 is 2.44 bits per heavy atom. The lowest BCUT2D eigenvalue weighted by Crippen LogP contribution is -2.29. The molecule has 0 atom stereocenters. The number of aromatic nitrogens is 2. The van der Waals surface area contributed by atoms with E-state index < -0.39 is 11.9 Å². The maximum absolute atomic E-state index is 12.9. The summed E-state index contributed by atoms with van der Waals surface area (Å²) in [4.78, 5) is 36.6. The lowest BCUT2D eigenvalue weighted by molar-refractivity contribution is 0.0696. The molecule has 0 fully saturated rings. The summed E-state index contributed by atoms with van der Waals surface area (Å²) < 4.78 is 1.24. The van der Waals surface area contributed by atoms with E-state index in [4.69, 9.17) is 16.7 Å². The van der Waals surface area contributed by atoms with Crippen molar-refractivity contribution >= 4 is 39.9 Å². The van der Waals surface area contributed by atoms with Crippen molar-refractivity contribution in [1.29, 1.82) is 0 Å². The Balaban J connectivity index is 2.12. The van der Waals surface area contributed by atoms with Crippen molar-refractivity contribution in [3.8, 4) is 0 Å². The molecular formula is C19H16ClN3O4. The number of carboxylic acids is 1. The molecule has 1 aromatic heterocycles. The van der Waals surface area contributed by atoms with Gasteiger partial charge in [0.1, 0.15) is 0 Å². The molecule has 1 heterocycles. The second kappa shape index (κ2) is 7.20. The molecule has 3 rings (SSSR count). The summed E-state index contributed by atoms with van der Waals surface area (Å²) >= 11 is 6.07. The number of halogens is 1. The molecule has 2 N–H and O–H groups in total. The zero-order valence-corrected chi connectivity index (χ0v) is 15.3. The highest BCUT2D eigenvalue weighted by Crippen LogP contribution is 2.24. The first kappa shape index (κ1) is 18.6. The third-order valence-electron chi connectivity index (χ3n) is 3.99. The molecule has 0 aliphatic heterocycles. The van der Waals surface area contributed by atoms with Crippen LogP contribution in [0.25, 0.3) is 10.8 Å². The molecular weight excluding hydrogens is 370 g/mol. The van der Waals surface area contributed by atoms with Crippen LogP contribution in [0.2, 0.25) is 5.02 Å². The lowest BCUT2D eigenvalue weighted by Gasteiger charge is -2.14. The fraction of sp³-hybridized carbons (Fsp3) is 0.158. The van der Waals surface area contributed by atoms with E-state index in [-0.39, 0.29) is 33.6 Å². The number of rotatable bonds is 4. The fourth-order valence-electron chi connectivity index (χ4n) is 2.66. The van der Waals surface area contributed by atoms with Crippen molar-refractivity contribution in [2.45, 2.75) is 19.9 Å². The van der Waals surface area contributed by atoms with Crippen LogP contribution in [0.4, 0.5) is 5.69 Å². The molecule has 1 amide bonds. The predicted octanol–water partition coefficient (Wildman–Crippen LogP) is 3.58. The van der Waals surface area contributed by atoms with Gasteiger partial charge in [-0.05, 0) is 38.1 Å². The number of nitrogens with zero attached hydrogens (tertiary/aromatic N) is 2. The molecule has 0 unspecified atom stereocenters. The van der Waals surface area contributed by atoms with Gasteiger partial charge in [-0.3, -0.25) is 9.59 Å². The third-order valence-corrected chi connectivity index (χ3v) is 4.32. The summed E-state index contributed by atoms with van der Waals surface area (Å²) in [6.07, 6.45) is 0. The van der Waals surface area contributed by atoms with Crippen LogP contribution in [-0.2, 0) is 0 Å². The molecule has 0 radical (unpaired) electrons. The van der Waals surface area contributed by atoms with Gasteiger partial charge in [0.05, 0.1) is 27.7 Å². The number of hydrogen-bond donors (Lipinski definition) is 2. The smallest absolute Gasteiger partial charge is 0.335 e. The molecule has 0 saturated heterocycles. The zero-order valence-electron chi connectivity index (χ0n) is 14.6. The van der Waals surface area contributed by atoms with Gasteiger partial charge in [-0.15, -0.1) is 0 Å².